The molecule has 0 aliphatic heterocycles. The predicted octanol–water partition coefficient (Wildman–Crippen LogP) is 1.32. The lowest BCUT2D eigenvalue weighted by Crippen LogP contribution is -2.54. The molecule has 1 aliphatic rings. The van der Waals surface area contributed by atoms with Crippen molar-refractivity contribution >= 4 is 18.9 Å². The molecule has 0 fully saturated rings. The second-order valence-electron chi connectivity index (χ2n) is 6.39. The van der Waals surface area contributed by atoms with Gasteiger partial charge in [0.2, 0.25) is 11.8 Å². The third-order valence-electron chi connectivity index (χ3n) is 4.61. The Morgan fingerprint density at radius 1 is 1.12 bits per heavy atom. The van der Waals surface area contributed by atoms with Crippen LogP contribution < -0.4 is 10.6 Å². The van der Waals surface area contributed by atoms with Crippen molar-refractivity contribution in [2.45, 2.75) is 44.1 Å². The minimum Gasteiger partial charge on any atom is -0.427 e. The smallest absolute Gasteiger partial charge is 0.427 e. The van der Waals surface area contributed by atoms with Crippen LogP contribution in [0.5, 0.6) is 0 Å². The summed E-state index contributed by atoms with van der Waals surface area (Å²) >= 11 is 0. The van der Waals surface area contributed by atoms with Gasteiger partial charge in [-0.2, -0.15) is 0 Å². The van der Waals surface area contributed by atoms with Crippen LogP contribution >= 0.6 is 0 Å². The fourth-order valence-corrected chi connectivity index (χ4v) is 3.06. The Labute approximate surface area is 154 Å². The first-order valence-electron chi connectivity index (χ1n) is 8.80. The van der Waals surface area contributed by atoms with Crippen molar-refractivity contribution in [1.82, 2.24) is 10.6 Å². The maximum absolute atomic E-state index is 12.3. The average molecular weight is 356 g/mol. The van der Waals surface area contributed by atoms with Crippen LogP contribution in [0.1, 0.15) is 31.7 Å². The topological polar surface area (TPSA) is 98.7 Å². The fraction of sp³-hybridized carbons (Fsp3) is 0.368. The van der Waals surface area contributed by atoms with Gasteiger partial charge in [0.1, 0.15) is 0 Å². The van der Waals surface area contributed by atoms with E-state index in [1.54, 1.807) is 24.3 Å². The Kier molecular flexibility index (Phi) is 7.18. The van der Waals surface area contributed by atoms with Gasteiger partial charge in [0.25, 0.3) is 0 Å². The predicted molar refractivity (Wildman–Crippen MR) is 101 cm³/mol. The maximum atomic E-state index is 12.3. The maximum Gasteiger partial charge on any atom is 0.461 e. The molecule has 0 spiro atoms. The highest BCUT2D eigenvalue weighted by molar-refractivity contribution is 6.44. The second kappa shape index (κ2) is 9.36. The second-order valence-corrected chi connectivity index (χ2v) is 6.39. The lowest BCUT2D eigenvalue weighted by atomic mass is 9.59. The van der Waals surface area contributed by atoms with E-state index in [0.29, 0.717) is 13.0 Å². The van der Waals surface area contributed by atoms with Crippen LogP contribution in [0.2, 0.25) is 5.82 Å². The largest absolute Gasteiger partial charge is 0.461 e. The molecule has 0 saturated heterocycles. The van der Waals surface area contributed by atoms with Crippen molar-refractivity contribution in [1.29, 1.82) is 0 Å². The number of nitrogens with one attached hydrogen (secondary N) is 2. The van der Waals surface area contributed by atoms with Crippen molar-refractivity contribution in [3.05, 3.63) is 60.2 Å². The zero-order chi connectivity index (χ0) is 19.0. The lowest BCUT2D eigenvalue weighted by molar-refractivity contribution is -0.127. The molecule has 1 aromatic carbocycles. The van der Waals surface area contributed by atoms with Crippen LogP contribution in [0.3, 0.4) is 0 Å². The number of carbonyl (C=O) groups is 2. The number of rotatable bonds is 8. The quantitative estimate of drug-likeness (QED) is 0.528. The summed E-state index contributed by atoms with van der Waals surface area (Å²) in [7, 11) is -1.58. The van der Waals surface area contributed by atoms with Crippen molar-refractivity contribution in [2.75, 3.05) is 0 Å². The highest BCUT2D eigenvalue weighted by atomic mass is 16.4. The van der Waals surface area contributed by atoms with Crippen molar-refractivity contribution in [3.8, 4) is 0 Å². The highest BCUT2D eigenvalue weighted by Gasteiger charge is 2.42. The molecule has 1 aromatic rings. The molecule has 0 saturated carbocycles. The fourth-order valence-electron chi connectivity index (χ4n) is 3.06. The van der Waals surface area contributed by atoms with Gasteiger partial charge in [-0.3, -0.25) is 9.59 Å². The lowest BCUT2D eigenvalue weighted by Gasteiger charge is -2.38. The minimum atomic E-state index is -1.58. The van der Waals surface area contributed by atoms with Gasteiger partial charge in [0.05, 0.1) is 5.54 Å². The molecule has 0 heterocycles. The van der Waals surface area contributed by atoms with E-state index in [4.69, 9.17) is 0 Å². The Balaban J connectivity index is 1.84. The van der Waals surface area contributed by atoms with E-state index in [1.165, 1.54) is 0 Å². The molecule has 138 valence electrons. The van der Waals surface area contributed by atoms with Gasteiger partial charge in [-0.15, -0.1) is 0 Å². The van der Waals surface area contributed by atoms with Crippen LogP contribution in [-0.4, -0.2) is 34.5 Å². The molecule has 7 heteroatoms. The number of carbonyl (C=O) groups excluding carboxylic acids is 2. The van der Waals surface area contributed by atoms with Crippen LogP contribution in [0.25, 0.3) is 0 Å². The van der Waals surface area contributed by atoms with Gasteiger partial charge in [-0.25, -0.2) is 0 Å². The molecule has 26 heavy (non-hydrogen) atoms. The molecule has 1 aliphatic carbocycles. The standard InChI is InChI=1S/C19H25BN2O4/c1-2-19(13-7-6-10-16(19)20(25)26)22-18(24)12-11-17(23)21-14-15-8-4-3-5-9-15/h3-10,13,16,25-26H,2,11-12,14H2,1H3,(H,21,23)(H,22,24)/t16?,19-/m0/s1. The molecule has 6 nitrogen and oxygen atoms in total. The molecule has 2 atom stereocenters. The molecular formula is C19H25BN2O4. The summed E-state index contributed by atoms with van der Waals surface area (Å²) in [6.07, 6.45) is 7.54. The van der Waals surface area contributed by atoms with Crippen LogP contribution in [0, 0.1) is 0 Å². The van der Waals surface area contributed by atoms with E-state index >= 15 is 0 Å². The third-order valence-corrected chi connectivity index (χ3v) is 4.61. The number of allylic oxidation sites excluding steroid dienone is 2. The SMILES string of the molecule is CC[C@]1(NC(=O)CCC(=O)NCc2ccccc2)C=CC=CC1B(O)O. The van der Waals surface area contributed by atoms with Gasteiger partial charge >= 0.3 is 7.12 Å². The van der Waals surface area contributed by atoms with E-state index in [-0.39, 0.29) is 24.7 Å². The van der Waals surface area contributed by atoms with E-state index in [1.807, 2.05) is 37.3 Å². The van der Waals surface area contributed by atoms with Gasteiger partial charge in [-0.1, -0.05) is 61.6 Å². The van der Waals surface area contributed by atoms with Crippen molar-refractivity contribution in [2.24, 2.45) is 0 Å². The highest BCUT2D eigenvalue weighted by Crippen LogP contribution is 2.34. The molecule has 4 N–H and O–H groups in total. The summed E-state index contributed by atoms with van der Waals surface area (Å²) in [6.45, 7) is 2.29. The van der Waals surface area contributed by atoms with Crippen molar-refractivity contribution in [3.63, 3.8) is 0 Å². The summed E-state index contributed by atoms with van der Waals surface area (Å²) in [5.74, 6) is -1.13. The zero-order valence-corrected chi connectivity index (χ0v) is 14.9. The summed E-state index contributed by atoms with van der Waals surface area (Å²) in [5.41, 5.74) is 0.134. The normalized spacial score (nSPS) is 21.3. The van der Waals surface area contributed by atoms with Gasteiger partial charge in [-0.05, 0) is 12.0 Å². The summed E-state index contributed by atoms with van der Waals surface area (Å²) < 4.78 is 0. The zero-order valence-electron chi connectivity index (χ0n) is 14.9. The first kappa shape index (κ1) is 19.9. The number of benzene rings is 1. The monoisotopic (exact) mass is 356 g/mol. The Hall–Kier alpha value is -2.38. The van der Waals surface area contributed by atoms with Gasteiger partial charge in [0, 0.05) is 25.2 Å². The molecule has 0 bridgehead atoms. The molecule has 1 unspecified atom stereocenters. The van der Waals surface area contributed by atoms with E-state index < -0.39 is 18.5 Å². The average Bonchev–Trinajstić information content (AvgIpc) is 2.65. The van der Waals surface area contributed by atoms with Crippen LogP contribution in [0.4, 0.5) is 0 Å². The molecule has 0 radical (unpaired) electrons. The van der Waals surface area contributed by atoms with Gasteiger partial charge < -0.3 is 20.7 Å². The van der Waals surface area contributed by atoms with Gasteiger partial charge in [0.15, 0.2) is 0 Å². The summed E-state index contributed by atoms with van der Waals surface area (Å²) in [6, 6.07) is 9.54. The Morgan fingerprint density at radius 3 is 2.46 bits per heavy atom. The summed E-state index contributed by atoms with van der Waals surface area (Å²) in [5, 5.41) is 24.9. The molecular weight excluding hydrogens is 331 g/mol. The summed E-state index contributed by atoms with van der Waals surface area (Å²) in [4.78, 5) is 24.2. The van der Waals surface area contributed by atoms with E-state index in [9.17, 15) is 19.6 Å². The molecule has 2 amide bonds. The van der Waals surface area contributed by atoms with Crippen LogP contribution in [-0.2, 0) is 16.1 Å². The molecule has 0 aromatic heterocycles. The number of amides is 2. The van der Waals surface area contributed by atoms with E-state index in [2.05, 4.69) is 10.6 Å². The van der Waals surface area contributed by atoms with Crippen molar-refractivity contribution < 1.29 is 19.6 Å². The minimum absolute atomic E-state index is 0.0359. The third kappa shape index (κ3) is 5.31. The Bertz CT molecular complexity index is 675. The van der Waals surface area contributed by atoms with E-state index in [0.717, 1.165) is 5.56 Å². The first-order chi connectivity index (χ1) is 12.5. The van der Waals surface area contributed by atoms with Crippen LogP contribution in [0.15, 0.2) is 54.6 Å². The molecule has 2 rings (SSSR count). The number of hydrogen-bond acceptors (Lipinski definition) is 4. The number of hydrogen-bond donors (Lipinski definition) is 4. The first-order valence-corrected chi connectivity index (χ1v) is 8.80. The Morgan fingerprint density at radius 2 is 1.81 bits per heavy atom.